The Morgan fingerprint density at radius 2 is 0.872 bits per heavy atom. The third kappa shape index (κ3) is 14.7. The van der Waals surface area contributed by atoms with Crippen molar-refractivity contribution in [3.8, 4) is 0 Å². The van der Waals surface area contributed by atoms with E-state index in [9.17, 15) is 52.7 Å². The number of hydrogen-bond donors (Lipinski definition) is 1. The lowest BCUT2D eigenvalue weighted by Gasteiger charge is -2.34. The third-order valence-corrected chi connectivity index (χ3v) is 4.46. The highest BCUT2D eigenvalue weighted by atomic mass is 19.4. The van der Waals surface area contributed by atoms with Gasteiger partial charge >= 0.3 is 36.7 Å². The molecule has 234 valence electrons. The molecule has 1 N–H and O–H groups in total. The van der Waals surface area contributed by atoms with Gasteiger partial charge in [-0.15, -0.1) is 6.58 Å². The number of hydrogen-bond acceptors (Lipinski definition) is 6. The fourth-order valence-corrected chi connectivity index (χ4v) is 2.66. The van der Waals surface area contributed by atoms with Crippen molar-refractivity contribution in [3.63, 3.8) is 0 Å². The average molecular weight is 606 g/mol. The van der Waals surface area contributed by atoms with Crippen molar-refractivity contribution in [3.05, 3.63) is 12.7 Å². The van der Waals surface area contributed by atoms with Gasteiger partial charge in [0.15, 0.2) is 0 Å². The van der Waals surface area contributed by atoms with Gasteiger partial charge in [-0.25, -0.2) is 14.2 Å². The fraction of sp³-hybridized carbons (Fsp3) is 0.905. The molecule has 0 fully saturated rings. The van der Waals surface area contributed by atoms with Gasteiger partial charge in [0, 0.05) is 6.61 Å². The van der Waals surface area contributed by atoms with Crippen LogP contribution in [0.15, 0.2) is 12.7 Å². The SMILES string of the molecule is C=CCCCCCCCCCOCC(F)(F)OC(F)(F)C(F)(F)OC(F)(F)C(F)(F)OC(F)(F)COCCO. The molecule has 6 nitrogen and oxygen atoms in total. The van der Waals surface area contributed by atoms with Crippen molar-refractivity contribution in [2.24, 2.45) is 0 Å². The van der Waals surface area contributed by atoms with Crippen LogP contribution < -0.4 is 0 Å². The first-order valence-corrected chi connectivity index (χ1v) is 11.5. The van der Waals surface area contributed by atoms with E-state index in [1.807, 2.05) is 4.74 Å². The second kappa shape index (κ2) is 16.2. The minimum absolute atomic E-state index is 0.176. The second-order valence-electron chi connectivity index (χ2n) is 8.03. The lowest BCUT2D eigenvalue weighted by molar-refractivity contribution is -0.558. The lowest BCUT2D eigenvalue weighted by Crippen LogP contribution is -2.58. The quantitative estimate of drug-likeness (QED) is 0.0731. The summed E-state index contributed by atoms with van der Waals surface area (Å²) in [5, 5.41) is 8.31. The number of rotatable bonds is 24. The Bertz CT molecular complexity index is 694. The highest BCUT2D eigenvalue weighted by molar-refractivity contribution is 4.77. The summed E-state index contributed by atoms with van der Waals surface area (Å²) in [7, 11) is 0. The maximum absolute atomic E-state index is 13.5. The normalized spacial score (nSPS) is 14.2. The molecule has 0 rings (SSSR count). The smallest absolute Gasteiger partial charge is 0.394 e. The van der Waals surface area contributed by atoms with Gasteiger partial charge in [0.05, 0.1) is 13.2 Å². The molecule has 39 heavy (non-hydrogen) atoms. The van der Waals surface area contributed by atoms with E-state index in [2.05, 4.69) is 25.5 Å². The molecule has 0 aromatic rings. The van der Waals surface area contributed by atoms with Crippen molar-refractivity contribution < 1.29 is 81.5 Å². The van der Waals surface area contributed by atoms with Crippen LogP contribution >= 0.6 is 0 Å². The molecule has 0 spiro atoms. The Labute approximate surface area is 216 Å². The van der Waals surface area contributed by atoms with Crippen LogP contribution in [0.25, 0.3) is 0 Å². The summed E-state index contributed by atoms with van der Waals surface area (Å²) < 4.78 is 176. The Kier molecular flexibility index (Phi) is 15.6. The predicted molar refractivity (Wildman–Crippen MR) is 109 cm³/mol. The molecule has 0 radical (unpaired) electrons. The maximum Gasteiger partial charge on any atom is 0.453 e. The van der Waals surface area contributed by atoms with Gasteiger partial charge in [-0.05, 0) is 19.3 Å². The van der Waals surface area contributed by atoms with Gasteiger partial charge in [0.2, 0.25) is 0 Å². The highest BCUT2D eigenvalue weighted by Gasteiger charge is 2.74. The summed E-state index contributed by atoms with van der Waals surface area (Å²) in [5.41, 5.74) is 0. The Balaban J connectivity index is 4.83. The topological polar surface area (TPSA) is 66.4 Å². The van der Waals surface area contributed by atoms with Crippen LogP contribution in [-0.4, -0.2) is 74.8 Å². The highest BCUT2D eigenvalue weighted by Crippen LogP contribution is 2.48. The maximum atomic E-state index is 13.5. The first-order valence-electron chi connectivity index (χ1n) is 11.5. The van der Waals surface area contributed by atoms with Crippen molar-refractivity contribution in [2.45, 2.75) is 88.0 Å². The van der Waals surface area contributed by atoms with E-state index in [1.165, 1.54) is 0 Å². The number of ether oxygens (including phenoxy) is 5. The van der Waals surface area contributed by atoms with Gasteiger partial charge in [-0.2, -0.15) is 52.7 Å². The summed E-state index contributed by atoms with van der Waals surface area (Å²) in [6, 6.07) is 0. The summed E-state index contributed by atoms with van der Waals surface area (Å²) in [6.07, 6.45) is -30.2. The van der Waals surface area contributed by atoms with Crippen LogP contribution in [0.4, 0.5) is 52.7 Å². The van der Waals surface area contributed by atoms with Crippen molar-refractivity contribution in [1.29, 1.82) is 0 Å². The monoisotopic (exact) mass is 606 g/mol. The van der Waals surface area contributed by atoms with E-state index >= 15 is 0 Å². The van der Waals surface area contributed by atoms with E-state index in [4.69, 9.17) is 5.11 Å². The van der Waals surface area contributed by atoms with E-state index in [0.717, 1.165) is 32.1 Å². The first kappa shape index (κ1) is 37.7. The van der Waals surface area contributed by atoms with E-state index in [-0.39, 0.29) is 6.42 Å². The molecule has 0 aromatic carbocycles. The molecule has 0 heterocycles. The number of halogens is 12. The van der Waals surface area contributed by atoms with Crippen LogP contribution in [-0.2, 0) is 23.7 Å². The molecular weight excluding hydrogens is 576 g/mol. The predicted octanol–water partition coefficient (Wildman–Crippen LogP) is 6.93. The molecule has 0 unspecified atom stereocenters. The van der Waals surface area contributed by atoms with E-state index in [1.54, 1.807) is 6.08 Å². The van der Waals surface area contributed by atoms with Gasteiger partial charge in [-0.3, -0.25) is 0 Å². The van der Waals surface area contributed by atoms with Crippen LogP contribution in [0.5, 0.6) is 0 Å². The Morgan fingerprint density at radius 3 is 1.28 bits per heavy atom. The van der Waals surface area contributed by atoms with Gasteiger partial charge in [-0.1, -0.05) is 38.2 Å². The zero-order chi connectivity index (χ0) is 30.4. The summed E-state index contributed by atoms with van der Waals surface area (Å²) in [5.74, 6) is 0. The minimum atomic E-state index is -6.93. The molecule has 0 amide bonds. The van der Waals surface area contributed by atoms with Crippen LogP contribution in [0.3, 0.4) is 0 Å². The average Bonchev–Trinajstić information content (AvgIpc) is 2.75. The first-order chi connectivity index (χ1) is 17.7. The summed E-state index contributed by atoms with van der Waals surface area (Å²) in [6.45, 7) is -2.93. The minimum Gasteiger partial charge on any atom is -0.394 e. The van der Waals surface area contributed by atoms with Gasteiger partial charge in [0.25, 0.3) is 0 Å². The molecule has 0 saturated heterocycles. The number of alkyl halides is 12. The van der Waals surface area contributed by atoms with Gasteiger partial charge < -0.3 is 14.6 Å². The summed E-state index contributed by atoms with van der Waals surface area (Å²) >= 11 is 0. The van der Waals surface area contributed by atoms with Crippen molar-refractivity contribution in [1.82, 2.24) is 0 Å². The number of allylic oxidation sites excluding steroid dienone is 1. The molecule has 0 bridgehead atoms. The van der Waals surface area contributed by atoms with Crippen LogP contribution in [0.2, 0.25) is 0 Å². The molecule has 18 heteroatoms. The van der Waals surface area contributed by atoms with Crippen LogP contribution in [0, 0.1) is 0 Å². The molecule has 0 aliphatic heterocycles. The molecule has 0 atom stereocenters. The Hall–Kier alpha value is -1.34. The molecule has 0 saturated carbocycles. The standard InChI is InChI=1S/C21H30F12O6/c1-2-3-4-5-6-7-8-9-10-12-35-14-16(22,23)37-18(26,27)20(30,31)39-21(32,33)19(28,29)38-17(24,25)15-36-13-11-34/h2,34H,1,3-15H2. The molecule has 0 aliphatic carbocycles. The number of aliphatic hydroxyl groups excluding tert-OH is 1. The van der Waals surface area contributed by atoms with E-state index < -0.39 is 69.7 Å². The van der Waals surface area contributed by atoms with E-state index in [0.29, 0.717) is 12.8 Å². The summed E-state index contributed by atoms with van der Waals surface area (Å²) in [4.78, 5) is 0. The largest absolute Gasteiger partial charge is 0.453 e. The van der Waals surface area contributed by atoms with Crippen LogP contribution in [0.1, 0.15) is 51.4 Å². The second-order valence-corrected chi connectivity index (χ2v) is 8.03. The Morgan fingerprint density at radius 1 is 0.513 bits per heavy atom. The van der Waals surface area contributed by atoms with Gasteiger partial charge in [0.1, 0.15) is 13.2 Å². The number of aliphatic hydroxyl groups is 1. The molecular formula is C21H30F12O6. The molecule has 0 aromatic heterocycles. The molecule has 0 aliphatic rings. The fourth-order valence-electron chi connectivity index (χ4n) is 2.66. The van der Waals surface area contributed by atoms with Crippen molar-refractivity contribution in [2.75, 3.05) is 33.0 Å². The number of unbranched alkanes of at least 4 members (excludes halogenated alkanes) is 7. The third-order valence-electron chi connectivity index (χ3n) is 4.46. The van der Waals surface area contributed by atoms with Crippen molar-refractivity contribution >= 4 is 0 Å². The zero-order valence-corrected chi connectivity index (χ0v) is 20.5. The lowest BCUT2D eigenvalue weighted by atomic mass is 10.1. The zero-order valence-electron chi connectivity index (χ0n) is 20.5.